The van der Waals surface area contributed by atoms with Gasteiger partial charge in [0.05, 0.1) is 19.7 Å². The van der Waals surface area contributed by atoms with Crippen molar-refractivity contribution in [3.05, 3.63) is 24.3 Å². The molecule has 0 saturated carbocycles. The van der Waals surface area contributed by atoms with E-state index in [-0.39, 0.29) is 37.3 Å². The molecule has 0 bridgehead atoms. The standard InChI is InChI=1S/C16H23N3O4.ClH/c17-9-15(20)18-10-16(21)19-13-1-3-14(4-2-13)23-11-12-5-7-22-8-6-12;/h1-4,12H,5-11,17H2,(H,18,20)(H,19,21);1H. The first-order valence-corrected chi connectivity index (χ1v) is 7.74. The van der Waals surface area contributed by atoms with Crippen molar-refractivity contribution in [2.24, 2.45) is 11.7 Å². The molecule has 2 rings (SSSR count). The van der Waals surface area contributed by atoms with Crippen LogP contribution in [-0.4, -0.2) is 44.7 Å². The Morgan fingerprint density at radius 2 is 1.83 bits per heavy atom. The Morgan fingerprint density at radius 1 is 1.17 bits per heavy atom. The maximum Gasteiger partial charge on any atom is 0.243 e. The molecule has 1 saturated heterocycles. The molecule has 0 unspecified atom stereocenters. The lowest BCUT2D eigenvalue weighted by molar-refractivity contribution is -0.123. The highest BCUT2D eigenvalue weighted by atomic mass is 35.5. The molecule has 0 radical (unpaired) electrons. The fraction of sp³-hybridized carbons (Fsp3) is 0.500. The van der Waals surface area contributed by atoms with Crippen LogP contribution in [0.1, 0.15) is 12.8 Å². The second-order valence-electron chi connectivity index (χ2n) is 5.42. The van der Waals surface area contributed by atoms with E-state index in [4.69, 9.17) is 15.2 Å². The van der Waals surface area contributed by atoms with Crippen molar-refractivity contribution in [1.29, 1.82) is 0 Å². The van der Waals surface area contributed by atoms with Gasteiger partial charge in [-0.15, -0.1) is 12.4 Å². The number of hydrogen-bond acceptors (Lipinski definition) is 5. The molecular formula is C16H24ClN3O4. The van der Waals surface area contributed by atoms with Crippen LogP contribution in [0.5, 0.6) is 5.75 Å². The number of amides is 2. The fourth-order valence-corrected chi connectivity index (χ4v) is 2.22. The van der Waals surface area contributed by atoms with Crippen molar-refractivity contribution in [2.45, 2.75) is 12.8 Å². The predicted molar refractivity (Wildman–Crippen MR) is 93.4 cm³/mol. The minimum Gasteiger partial charge on any atom is -0.493 e. The van der Waals surface area contributed by atoms with Crippen molar-refractivity contribution in [3.63, 3.8) is 0 Å². The zero-order valence-electron chi connectivity index (χ0n) is 13.5. The van der Waals surface area contributed by atoms with Gasteiger partial charge in [-0.2, -0.15) is 0 Å². The van der Waals surface area contributed by atoms with Crippen LogP contribution >= 0.6 is 12.4 Å². The molecule has 7 nitrogen and oxygen atoms in total. The summed E-state index contributed by atoms with van der Waals surface area (Å²) in [5, 5.41) is 5.10. The lowest BCUT2D eigenvalue weighted by Gasteiger charge is -2.22. The van der Waals surface area contributed by atoms with E-state index < -0.39 is 0 Å². The molecule has 1 heterocycles. The molecule has 0 aromatic heterocycles. The van der Waals surface area contributed by atoms with Crippen molar-refractivity contribution < 1.29 is 19.1 Å². The molecular weight excluding hydrogens is 334 g/mol. The van der Waals surface area contributed by atoms with Gasteiger partial charge in [-0.1, -0.05) is 0 Å². The molecule has 0 aliphatic carbocycles. The largest absolute Gasteiger partial charge is 0.493 e. The number of carbonyl (C=O) groups excluding carboxylic acids is 2. The van der Waals surface area contributed by atoms with Crippen molar-refractivity contribution in [3.8, 4) is 5.75 Å². The summed E-state index contributed by atoms with van der Waals surface area (Å²) in [5.74, 6) is 0.639. The number of ether oxygens (including phenoxy) is 2. The van der Waals surface area contributed by atoms with Crippen LogP contribution in [0.4, 0.5) is 5.69 Å². The molecule has 0 atom stereocenters. The highest BCUT2D eigenvalue weighted by Gasteiger charge is 2.14. The maximum atomic E-state index is 11.6. The topological polar surface area (TPSA) is 103 Å². The van der Waals surface area contributed by atoms with Gasteiger partial charge in [-0.05, 0) is 43.0 Å². The van der Waals surface area contributed by atoms with Crippen LogP contribution in [0.2, 0.25) is 0 Å². The lowest BCUT2D eigenvalue weighted by atomic mass is 10.0. The molecule has 134 valence electrons. The molecule has 2 amide bonds. The summed E-state index contributed by atoms with van der Waals surface area (Å²) in [7, 11) is 0. The van der Waals surface area contributed by atoms with Gasteiger partial charge in [0.15, 0.2) is 0 Å². The molecule has 1 aromatic rings. The number of nitrogens with one attached hydrogen (secondary N) is 2. The van der Waals surface area contributed by atoms with E-state index in [0.29, 0.717) is 18.2 Å². The average molecular weight is 358 g/mol. The number of rotatable bonds is 7. The molecule has 1 aliphatic heterocycles. The number of nitrogens with two attached hydrogens (primary N) is 1. The highest BCUT2D eigenvalue weighted by Crippen LogP contribution is 2.19. The number of hydrogen-bond donors (Lipinski definition) is 3. The fourth-order valence-electron chi connectivity index (χ4n) is 2.22. The van der Waals surface area contributed by atoms with Gasteiger partial charge < -0.3 is 25.8 Å². The van der Waals surface area contributed by atoms with Gasteiger partial charge in [0, 0.05) is 18.9 Å². The van der Waals surface area contributed by atoms with Gasteiger partial charge in [0.2, 0.25) is 11.8 Å². The summed E-state index contributed by atoms with van der Waals surface area (Å²) < 4.78 is 11.1. The monoisotopic (exact) mass is 357 g/mol. The van der Waals surface area contributed by atoms with Crippen LogP contribution in [0.25, 0.3) is 0 Å². The summed E-state index contributed by atoms with van der Waals surface area (Å²) in [4.78, 5) is 22.6. The first kappa shape index (κ1) is 20.2. The molecule has 1 aliphatic rings. The predicted octanol–water partition coefficient (Wildman–Crippen LogP) is 0.927. The summed E-state index contributed by atoms with van der Waals surface area (Å²) in [6.07, 6.45) is 2.06. The Kier molecular flexibility index (Phi) is 9.14. The van der Waals surface area contributed by atoms with Gasteiger partial charge in [0.1, 0.15) is 5.75 Å². The lowest BCUT2D eigenvalue weighted by Crippen LogP contribution is -2.36. The van der Waals surface area contributed by atoms with Crippen molar-refractivity contribution >= 4 is 29.9 Å². The van der Waals surface area contributed by atoms with Gasteiger partial charge in [-0.25, -0.2) is 0 Å². The van der Waals surface area contributed by atoms with Crippen molar-refractivity contribution in [2.75, 3.05) is 38.2 Å². The Balaban J connectivity index is 0.00000288. The molecule has 4 N–H and O–H groups in total. The normalized spacial score (nSPS) is 14.4. The zero-order chi connectivity index (χ0) is 16.5. The number of halogens is 1. The molecule has 8 heteroatoms. The highest BCUT2D eigenvalue weighted by molar-refractivity contribution is 5.94. The smallest absolute Gasteiger partial charge is 0.243 e. The number of carbonyl (C=O) groups is 2. The van der Waals surface area contributed by atoms with E-state index >= 15 is 0 Å². The molecule has 1 fully saturated rings. The summed E-state index contributed by atoms with van der Waals surface area (Å²) in [5.41, 5.74) is 5.79. The van der Waals surface area contributed by atoms with Gasteiger partial charge >= 0.3 is 0 Å². The SMILES string of the molecule is Cl.NCC(=O)NCC(=O)Nc1ccc(OCC2CCOCC2)cc1. The van der Waals surface area contributed by atoms with Crippen molar-refractivity contribution in [1.82, 2.24) is 5.32 Å². The van der Waals surface area contributed by atoms with E-state index in [1.165, 1.54) is 0 Å². The molecule has 0 spiro atoms. The first-order valence-electron chi connectivity index (χ1n) is 7.74. The number of anilines is 1. The van der Waals surface area contributed by atoms with E-state index in [1.807, 2.05) is 12.1 Å². The quantitative estimate of drug-likeness (QED) is 0.673. The second kappa shape index (κ2) is 10.9. The number of benzene rings is 1. The minimum atomic E-state index is -0.364. The van der Waals surface area contributed by atoms with Crippen LogP contribution in [-0.2, 0) is 14.3 Å². The van der Waals surface area contributed by atoms with Gasteiger partial charge in [0.25, 0.3) is 0 Å². The van der Waals surface area contributed by atoms with E-state index in [2.05, 4.69) is 10.6 Å². The second-order valence-corrected chi connectivity index (χ2v) is 5.42. The zero-order valence-corrected chi connectivity index (χ0v) is 14.3. The third-order valence-corrected chi connectivity index (χ3v) is 3.60. The Bertz CT molecular complexity index is 519. The Morgan fingerprint density at radius 3 is 2.46 bits per heavy atom. The first-order chi connectivity index (χ1) is 11.2. The van der Waals surface area contributed by atoms with Crippen LogP contribution in [0.15, 0.2) is 24.3 Å². The third kappa shape index (κ3) is 7.16. The van der Waals surface area contributed by atoms with E-state index in [9.17, 15) is 9.59 Å². The minimum absolute atomic E-state index is 0. The summed E-state index contributed by atoms with van der Waals surface area (Å²) in [6, 6.07) is 7.16. The van der Waals surface area contributed by atoms with Crippen LogP contribution in [0, 0.1) is 5.92 Å². The van der Waals surface area contributed by atoms with Crippen LogP contribution < -0.4 is 21.1 Å². The summed E-state index contributed by atoms with van der Waals surface area (Å²) in [6.45, 7) is 2.06. The van der Waals surface area contributed by atoms with Gasteiger partial charge in [-0.3, -0.25) is 9.59 Å². The molecule has 1 aromatic carbocycles. The maximum absolute atomic E-state index is 11.6. The Hall–Kier alpha value is -1.83. The van der Waals surface area contributed by atoms with E-state index in [0.717, 1.165) is 31.8 Å². The molecule has 24 heavy (non-hydrogen) atoms. The average Bonchev–Trinajstić information content (AvgIpc) is 2.60. The summed E-state index contributed by atoms with van der Waals surface area (Å²) >= 11 is 0. The Labute approximate surface area is 147 Å². The van der Waals surface area contributed by atoms with E-state index in [1.54, 1.807) is 12.1 Å². The van der Waals surface area contributed by atoms with Crippen LogP contribution in [0.3, 0.4) is 0 Å². The third-order valence-electron chi connectivity index (χ3n) is 3.60.